The van der Waals surface area contributed by atoms with Gasteiger partial charge in [0.1, 0.15) is 22.5 Å². The first-order valence-corrected chi connectivity index (χ1v) is 12.5. The zero-order chi connectivity index (χ0) is 23.9. The van der Waals surface area contributed by atoms with Gasteiger partial charge in [0, 0.05) is 12.6 Å². The highest BCUT2D eigenvalue weighted by atomic mass is 35.5. The minimum atomic E-state index is -3.62. The summed E-state index contributed by atoms with van der Waals surface area (Å²) in [5, 5.41) is 10.2. The number of rotatable bonds is 6. The third kappa shape index (κ3) is 5.39. The summed E-state index contributed by atoms with van der Waals surface area (Å²) in [5.41, 5.74) is -1.16. The topological polar surface area (TPSA) is 86.7 Å². The Kier molecular flexibility index (Phi) is 6.87. The van der Waals surface area contributed by atoms with Crippen molar-refractivity contribution in [1.82, 2.24) is 9.62 Å². The molecule has 2 N–H and O–H groups in total. The van der Waals surface area contributed by atoms with E-state index in [1.165, 1.54) is 49.1 Å². The number of hydrogen-bond donors (Lipinski definition) is 2. The van der Waals surface area contributed by atoms with Crippen LogP contribution >= 0.6 is 11.6 Å². The van der Waals surface area contributed by atoms with Crippen molar-refractivity contribution >= 4 is 33.1 Å². The Morgan fingerprint density at radius 1 is 1.41 bits per heavy atom. The van der Waals surface area contributed by atoms with E-state index in [0.29, 0.717) is 12.0 Å². The molecule has 1 saturated heterocycles. The fraction of sp³-hybridized carbons (Fsp3) is 0.500. The van der Waals surface area contributed by atoms with Crippen LogP contribution in [-0.2, 0) is 14.8 Å². The molecule has 1 aromatic carbocycles. The number of carbonyl (C=O) groups excluding carboxylic acids is 1. The quantitative estimate of drug-likeness (QED) is 0.603. The average molecular weight is 489 g/mol. The molecule has 10 heteroatoms. The van der Waals surface area contributed by atoms with Crippen LogP contribution in [0.4, 0.5) is 8.78 Å². The van der Waals surface area contributed by atoms with Crippen molar-refractivity contribution < 1.29 is 27.1 Å². The van der Waals surface area contributed by atoms with Gasteiger partial charge in [0.15, 0.2) is 0 Å². The van der Waals surface area contributed by atoms with E-state index in [1.807, 2.05) is 0 Å². The number of alkyl halides is 2. The Balaban J connectivity index is 1.93. The molecule has 0 aromatic heterocycles. The number of allylic oxidation sites excluding steroid dienone is 4. The summed E-state index contributed by atoms with van der Waals surface area (Å²) < 4.78 is 55.7. The van der Waals surface area contributed by atoms with Gasteiger partial charge in [-0.1, -0.05) is 30.4 Å². The molecule has 0 bridgehead atoms. The zero-order valence-corrected chi connectivity index (χ0v) is 19.6. The number of hydrogen-bond acceptors (Lipinski definition) is 4. The van der Waals surface area contributed by atoms with Gasteiger partial charge < -0.3 is 10.0 Å². The summed E-state index contributed by atoms with van der Waals surface area (Å²) >= 11 is 6.74. The third-order valence-electron chi connectivity index (χ3n) is 5.72. The van der Waals surface area contributed by atoms with Crippen molar-refractivity contribution in [3.8, 4) is 0 Å². The number of nitrogens with zero attached hydrogens (tertiary/aromatic N) is 1. The molecule has 0 spiro atoms. The second-order valence-electron chi connectivity index (χ2n) is 8.90. The van der Waals surface area contributed by atoms with E-state index in [1.54, 1.807) is 12.1 Å². The highest BCUT2D eigenvalue weighted by Gasteiger charge is 2.49. The summed E-state index contributed by atoms with van der Waals surface area (Å²) in [6.07, 6.45) is 3.98. The molecule has 1 aliphatic heterocycles. The van der Waals surface area contributed by atoms with E-state index in [4.69, 9.17) is 11.6 Å². The lowest BCUT2D eigenvalue weighted by Gasteiger charge is -2.39. The molecule has 2 aliphatic rings. The molecule has 1 fully saturated rings. The second-order valence-corrected chi connectivity index (χ2v) is 11.4. The van der Waals surface area contributed by atoms with Gasteiger partial charge in [0.2, 0.25) is 10.0 Å². The molecule has 1 aliphatic carbocycles. The molecule has 0 saturated carbocycles. The largest absolute Gasteiger partial charge is 0.381 e. The number of sulfonamides is 1. The van der Waals surface area contributed by atoms with Gasteiger partial charge in [-0.3, -0.25) is 4.79 Å². The normalized spacial score (nSPS) is 28.7. The van der Waals surface area contributed by atoms with E-state index < -0.39 is 50.5 Å². The smallest absolute Gasteiger partial charge is 0.254 e. The maximum absolute atomic E-state index is 15.7. The van der Waals surface area contributed by atoms with Crippen molar-refractivity contribution in [3.63, 3.8) is 0 Å². The average Bonchev–Trinajstić information content (AvgIpc) is 3.02. The number of nitrogens with one attached hydrogen (secondary N) is 1. The Labute approximate surface area is 192 Å². The Hall–Kier alpha value is -1.81. The number of aliphatic hydroxyl groups is 1. The molecular formula is C22H27ClF2N2O4S. The number of likely N-dealkylation sites (tertiary alicyclic amines) is 1. The van der Waals surface area contributed by atoms with Gasteiger partial charge in [-0.25, -0.2) is 21.9 Å². The SMILES string of the molecule is CC(C)(O)C(=O)N1CC[C@H](NS(C)(=O)=O)[C@@H]1CC1(Cl)C=CC=C(c2cccc(F)c2)C1F. The molecule has 32 heavy (non-hydrogen) atoms. The van der Waals surface area contributed by atoms with Crippen molar-refractivity contribution in [2.24, 2.45) is 0 Å². The standard InChI is InChI=1S/C22H27ClF2N2O4S/c1-21(2,29)20(28)27-11-9-17(26-32(3,30)31)18(27)13-22(23)10-5-8-16(19(22)25)14-6-4-7-15(24)12-14/h4-8,10,12,17-19,26,29H,9,11,13H2,1-3H3/t17-,18-,19?,22?/m0/s1. The number of halogens is 3. The molecule has 4 atom stereocenters. The van der Waals surface area contributed by atoms with Gasteiger partial charge in [-0.15, -0.1) is 11.6 Å². The maximum atomic E-state index is 15.7. The van der Waals surface area contributed by atoms with Gasteiger partial charge in [-0.2, -0.15) is 0 Å². The molecule has 3 rings (SSSR count). The Morgan fingerprint density at radius 3 is 2.69 bits per heavy atom. The Bertz CT molecular complexity index is 1050. The summed E-state index contributed by atoms with van der Waals surface area (Å²) in [7, 11) is -3.62. The molecular weight excluding hydrogens is 462 g/mol. The lowest BCUT2D eigenvalue weighted by molar-refractivity contribution is -0.149. The van der Waals surface area contributed by atoms with Crippen LogP contribution < -0.4 is 4.72 Å². The summed E-state index contributed by atoms with van der Waals surface area (Å²) in [6.45, 7) is 2.85. The summed E-state index contributed by atoms with van der Waals surface area (Å²) in [4.78, 5) is 12.6. The second kappa shape index (κ2) is 8.85. The molecule has 1 aromatic rings. The van der Waals surface area contributed by atoms with Crippen LogP contribution in [0.3, 0.4) is 0 Å². The van der Waals surface area contributed by atoms with Crippen molar-refractivity contribution in [2.75, 3.05) is 12.8 Å². The van der Waals surface area contributed by atoms with Crippen molar-refractivity contribution in [2.45, 2.75) is 55.4 Å². The third-order valence-corrected chi connectivity index (χ3v) is 6.92. The van der Waals surface area contributed by atoms with Crippen LogP contribution in [0.5, 0.6) is 0 Å². The number of carbonyl (C=O) groups is 1. The fourth-order valence-electron chi connectivity index (χ4n) is 4.26. The van der Waals surface area contributed by atoms with Gasteiger partial charge in [0.25, 0.3) is 5.91 Å². The van der Waals surface area contributed by atoms with Crippen LogP contribution in [-0.4, -0.2) is 65.9 Å². The summed E-state index contributed by atoms with van der Waals surface area (Å²) in [6, 6.07) is 4.02. The molecule has 0 radical (unpaired) electrons. The van der Waals surface area contributed by atoms with Gasteiger partial charge >= 0.3 is 0 Å². The minimum absolute atomic E-state index is 0.117. The van der Waals surface area contributed by atoms with E-state index >= 15 is 4.39 Å². The first-order chi connectivity index (χ1) is 14.7. The van der Waals surface area contributed by atoms with Crippen LogP contribution in [0, 0.1) is 5.82 Å². The molecule has 2 unspecified atom stereocenters. The first kappa shape index (κ1) is 24.8. The Morgan fingerprint density at radius 2 is 2.09 bits per heavy atom. The van der Waals surface area contributed by atoms with E-state index in [9.17, 15) is 22.7 Å². The van der Waals surface area contributed by atoms with E-state index in [2.05, 4.69) is 4.72 Å². The lowest BCUT2D eigenvalue weighted by atomic mass is 9.82. The van der Waals surface area contributed by atoms with E-state index in [0.717, 1.165) is 6.26 Å². The van der Waals surface area contributed by atoms with Gasteiger partial charge in [0.05, 0.1) is 12.3 Å². The molecule has 1 amide bonds. The molecule has 6 nitrogen and oxygen atoms in total. The fourth-order valence-corrected chi connectivity index (χ4v) is 5.44. The predicted octanol–water partition coefficient (Wildman–Crippen LogP) is 2.77. The minimum Gasteiger partial charge on any atom is -0.381 e. The van der Waals surface area contributed by atoms with Crippen molar-refractivity contribution in [3.05, 3.63) is 53.9 Å². The van der Waals surface area contributed by atoms with Crippen LogP contribution in [0.2, 0.25) is 0 Å². The predicted molar refractivity (Wildman–Crippen MR) is 120 cm³/mol. The zero-order valence-electron chi connectivity index (χ0n) is 18.1. The van der Waals surface area contributed by atoms with Crippen molar-refractivity contribution in [1.29, 1.82) is 0 Å². The maximum Gasteiger partial charge on any atom is 0.254 e. The molecule has 1 heterocycles. The highest BCUT2D eigenvalue weighted by molar-refractivity contribution is 7.88. The molecule has 176 valence electrons. The highest BCUT2D eigenvalue weighted by Crippen LogP contribution is 2.43. The number of benzene rings is 1. The first-order valence-electron chi connectivity index (χ1n) is 10.2. The number of amides is 1. The van der Waals surface area contributed by atoms with Crippen LogP contribution in [0.1, 0.15) is 32.3 Å². The van der Waals surface area contributed by atoms with Crippen LogP contribution in [0.15, 0.2) is 42.5 Å². The monoisotopic (exact) mass is 488 g/mol. The van der Waals surface area contributed by atoms with Crippen LogP contribution in [0.25, 0.3) is 5.57 Å². The van der Waals surface area contributed by atoms with Gasteiger partial charge in [-0.05, 0) is 50.0 Å². The lowest BCUT2D eigenvalue weighted by Crippen LogP contribution is -2.54. The summed E-state index contributed by atoms with van der Waals surface area (Å²) in [5.74, 6) is -1.11. The van der Waals surface area contributed by atoms with E-state index in [-0.39, 0.29) is 18.5 Å².